The number of anilines is 1. The molecule has 0 bridgehead atoms. The summed E-state index contributed by atoms with van der Waals surface area (Å²) in [5, 5.41) is 3.18. The van der Waals surface area contributed by atoms with Crippen LogP contribution in [0.1, 0.15) is 24.2 Å². The van der Waals surface area contributed by atoms with Crippen LogP contribution >= 0.6 is 11.6 Å². The van der Waals surface area contributed by atoms with E-state index in [1.165, 1.54) is 0 Å². The second kappa shape index (κ2) is 6.61. The van der Waals surface area contributed by atoms with E-state index in [2.05, 4.69) is 5.32 Å². The Morgan fingerprint density at radius 1 is 1.50 bits per heavy atom. The number of ether oxygens (including phenoxy) is 1. The monoisotopic (exact) mass is 270 g/mol. The molecular weight excluding hydrogens is 252 g/mol. The fraction of sp³-hybridized carbons (Fsp3) is 0.462. The first kappa shape index (κ1) is 14.8. The summed E-state index contributed by atoms with van der Waals surface area (Å²) in [6.45, 7) is 4.50. The largest absolute Gasteiger partial charge is 0.398 e. The Hall–Kier alpha value is -1.26. The second-order valence-corrected chi connectivity index (χ2v) is 4.87. The van der Waals surface area contributed by atoms with Crippen LogP contribution in [0.4, 0.5) is 5.69 Å². The standard InChI is InChI=1S/C13H19ClN2O2/c1-8(2)11(7-18-3)16-13(17)9-5-4-6-10(15)12(9)14/h4-6,8,11H,7,15H2,1-3H3,(H,16,17). The summed E-state index contributed by atoms with van der Waals surface area (Å²) in [6.07, 6.45) is 0. The zero-order valence-electron chi connectivity index (χ0n) is 10.9. The molecule has 1 amide bonds. The Balaban J connectivity index is 2.84. The van der Waals surface area contributed by atoms with Crippen LogP contribution in [0, 0.1) is 5.92 Å². The summed E-state index contributed by atoms with van der Waals surface area (Å²) in [6, 6.07) is 4.96. The Morgan fingerprint density at radius 2 is 2.17 bits per heavy atom. The first-order valence-corrected chi connectivity index (χ1v) is 6.19. The maximum absolute atomic E-state index is 12.1. The summed E-state index contributed by atoms with van der Waals surface area (Å²) >= 11 is 6.01. The molecule has 0 heterocycles. The van der Waals surface area contributed by atoms with Crippen LogP contribution in [0.2, 0.25) is 5.02 Å². The van der Waals surface area contributed by atoms with Crippen molar-refractivity contribution < 1.29 is 9.53 Å². The number of halogens is 1. The number of hydrogen-bond donors (Lipinski definition) is 2. The number of benzene rings is 1. The molecule has 1 rings (SSSR count). The lowest BCUT2D eigenvalue weighted by atomic mass is 10.0. The summed E-state index contributed by atoms with van der Waals surface area (Å²) in [5.74, 6) is 0.0387. The molecule has 0 radical (unpaired) electrons. The van der Waals surface area contributed by atoms with Crippen molar-refractivity contribution in [1.82, 2.24) is 5.32 Å². The predicted molar refractivity (Wildman–Crippen MR) is 73.8 cm³/mol. The van der Waals surface area contributed by atoms with Gasteiger partial charge in [0.05, 0.1) is 28.9 Å². The van der Waals surface area contributed by atoms with Gasteiger partial charge in [-0.05, 0) is 18.1 Å². The number of carbonyl (C=O) groups excluding carboxylic acids is 1. The molecule has 100 valence electrons. The molecule has 0 saturated carbocycles. The van der Waals surface area contributed by atoms with Crippen molar-refractivity contribution in [2.24, 2.45) is 5.92 Å². The van der Waals surface area contributed by atoms with Crippen molar-refractivity contribution >= 4 is 23.2 Å². The summed E-state index contributed by atoms with van der Waals surface area (Å²) < 4.78 is 5.08. The molecule has 0 aromatic heterocycles. The van der Waals surface area contributed by atoms with E-state index in [-0.39, 0.29) is 22.9 Å². The zero-order chi connectivity index (χ0) is 13.7. The predicted octanol–water partition coefficient (Wildman–Crippen LogP) is 2.32. The third-order valence-electron chi connectivity index (χ3n) is 2.74. The van der Waals surface area contributed by atoms with E-state index in [0.717, 1.165) is 0 Å². The van der Waals surface area contributed by atoms with Crippen molar-refractivity contribution in [3.8, 4) is 0 Å². The lowest BCUT2D eigenvalue weighted by molar-refractivity contribution is 0.0867. The minimum Gasteiger partial charge on any atom is -0.398 e. The number of hydrogen-bond acceptors (Lipinski definition) is 3. The second-order valence-electron chi connectivity index (χ2n) is 4.49. The highest BCUT2D eigenvalue weighted by atomic mass is 35.5. The van der Waals surface area contributed by atoms with Crippen molar-refractivity contribution in [3.63, 3.8) is 0 Å². The topological polar surface area (TPSA) is 64.3 Å². The first-order valence-electron chi connectivity index (χ1n) is 5.81. The lowest BCUT2D eigenvalue weighted by Gasteiger charge is -2.21. The lowest BCUT2D eigenvalue weighted by Crippen LogP contribution is -2.41. The summed E-state index contributed by atoms with van der Waals surface area (Å²) in [7, 11) is 1.61. The maximum atomic E-state index is 12.1. The van der Waals surface area contributed by atoms with Crippen LogP contribution < -0.4 is 11.1 Å². The third kappa shape index (κ3) is 3.62. The van der Waals surface area contributed by atoms with Gasteiger partial charge in [0.2, 0.25) is 0 Å². The molecule has 1 atom stereocenters. The maximum Gasteiger partial charge on any atom is 0.253 e. The van der Waals surface area contributed by atoms with Gasteiger partial charge in [-0.25, -0.2) is 0 Å². The fourth-order valence-corrected chi connectivity index (χ4v) is 1.76. The van der Waals surface area contributed by atoms with Crippen molar-refractivity contribution in [2.45, 2.75) is 19.9 Å². The molecule has 0 aliphatic heterocycles. The van der Waals surface area contributed by atoms with Crippen LogP contribution in [0.5, 0.6) is 0 Å². The Labute approximate surface area is 112 Å². The summed E-state index contributed by atoms with van der Waals surface area (Å²) in [4.78, 5) is 12.1. The molecule has 18 heavy (non-hydrogen) atoms. The van der Waals surface area contributed by atoms with Gasteiger partial charge in [0.15, 0.2) is 0 Å². The van der Waals surface area contributed by atoms with E-state index in [9.17, 15) is 4.79 Å². The van der Waals surface area contributed by atoms with E-state index < -0.39 is 0 Å². The number of carbonyl (C=O) groups is 1. The SMILES string of the molecule is COCC(NC(=O)c1cccc(N)c1Cl)C(C)C. The van der Waals surface area contributed by atoms with Crippen LogP contribution in [-0.4, -0.2) is 25.7 Å². The number of amides is 1. The van der Waals surface area contributed by atoms with Gasteiger partial charge >= 0.3 is 0 Å². The first-order chi connectivity index (χ1) is 8.47. The molecule has 5 heteroatoms. The van der Waals surface area contributed by atoms with Gasteiger partial charge in [-0.15, -0.1) is 0 Å². The molecule has 0 aliphatic rings. The van der Waals surface area contributed by atoms with Gasteiger partial charge in [-0.1, -0.05) is 31.5 Å². The van der Waals surface area contributed by atoms with Gasteiger partial charge in [0.25, 0.3) is 5.91 Å². The Morgan fingerprint density at radius 3 is 2.72 bits per heavy atom. The minimum atomic E-state index is -0.233. The van der Waals surface area contributed by atoms with E-state index in [4.69, 9.17) is 22.1 Å². The normalized spacial score (nSPS) is 12.5. The van der Waals surface area contributed by atoms with E-state index >= 15 is 0 Å². The Kier molecular flexibility index (Phi) is 5.44. The molecule has 1 aromatic rings. The van der Waals surface area contributed by atoms with E-state index in [1.54, 1.807) is 25.3 Å². The van der Waals surface area contributed by atoms with Crippen LogP contribution in [0.3, 0.4) is 0 Å². The molecular formula is C13H19ClN2O2. The third-order valence-corrected chi connectivity index (χ3v) is 3.16. The number of nitrogen functional groups attached to an aromatic ring is 1. The van der Waals surface area contributed by atoms with Crippen LogP contribution in [0.15, 0.2) is 18.2 Å². The average molecular weight is 271 g/mol. The average Bonchev–Trinajstić information content (AvgIpc) is 2.31. The molecule has 1 unspecified atom stereocenters. The zero-order valence-corrected chi connectivity index (χ0v) is 11.6. The highest BCUT2D eigenvalue weighted by Gasteiger charge is 2.19. The van der Waals surface area contributed by atoms with Gasteiger partial charge in [-0.2, -0.15) is 0 Å². The summed E-state index contributed by atoms with van der Waals surface area (Å²) in [5.41, 5.74) is 6.46. The van der Waals surface area contributed by atoms with Crippen molar-refractivity contribution in [3.05, 3.63) is 28.8 Å². The van der Waals surface area contributed by atoms with Crippen molar-refractivity contribution in [1.29, 1.82) is 0 Å². The molecule has 3 N–H and O–H groups in total. The molecule has 1 aromatic carbocycles. The van der Waals surface area contributed by atoms with Crippen LogP contribution in [-0.2, 0) is 4.74 Å². The van der Waals surface area contributed by atoms with E-state index in [0.29, 0.717) is 17.9 Å². The number of methoxy groups -OCH3 is 1. The fourth-order valence-electron chi connectivity index (χ4n) is 1.55. The molecule has 0 spiro atoms. The smallest absolute Gasteiger partial charge is 0.253 e. The quantitative estimate of drug-likeness (QED) is 0.807. The van der Waals surface area contributed by atoms with Gasteiger partial charge in [-0.3, -0.25) is 4.79 Å². The molecule has 0 aliphatic carbocycles. The Bertz CT molecular complexity index is 421. The van der Waals surface area contributed by atoms with Gasteiger partial charge < -0.3 is 15.8 Å². The number of nitrogens with one attached hydrogen (secondary N) is 1. The van der Waals surface area contributed by atoms with E-state index in [1.807, 2.05) is 13.8 Å². The van der Waals surface area contributed by atoms with Crippen LogP contribution in [0.25, 0.3) is 0 Å². The molecule has 0 fully saturated rings. The van der Waals surface area contributed by atoms with Gasteiger partial charge in [0.1, 0.15) is 0 Å². The van der Waals surface area contributed by atoms with Crippen molar-refractivity contribution in [2.75, 3.05) is 19.5 Å². The molecule has 0 saturated heterocycles. The molecule has 4 nitrogen and oxygen atoms in total. The van der Waals surface area contributed by atoms with Gasteiger partial charge in [0, 0.05) is 7.11 Å². The highest BCUT2D eigenvalue weighted by Crippen LogP contribution is 2.23. The minimum absolute atomic E-state index is 0.0556. The number of rotatable bonds is 5. The number of nitrogens with two attached hydrogens (primary N) is 1. The highest BCUT2D eigenvalue weighted by molar-refractivity contribution is 6.36.